The number of amides is 1. The summed E-state index contributed by atoms with van der Waals surface area (Å²) in [6.07, 6.45) is -3.97. The molecular weight excluding hydrogens is 373 g/mol. The number of benzene rings is 1. The number of aryl methyl sites for hydroxylation is 1. The number of alkyl halides is 3. The van der Waals surface area contributed by atoms with Crippen LogP contribution >= 0.6 is 0 Å². The van der Waals surface area contributed by atoms with Crippen LogP contribution in [0, 0.1) is 0 Å². The maximum Gasteiger partial charge on any atom is 0.416 e. The van der Waals surface area contributed by atoms with E-state index in [4.69, 9.17) is 9.47 Å². The molecule has 2 aliphatic rings. The number of hydrogen-bond donors (Lipinski definition) is 0. The molecule has 1 aromatic heterocycles. The number of morpholine rings is 1. The molecule has 4 rings (SSSR count). The van der Waals surface area contributed by atoms with Crippen LogP contribution in [0.4, 0.5) is 13.2 Å². The van der Waals surface area contributed by atoms with Gasteiger partial charge in [0.05, 0.1) is 24.3 Å². The zero-order valence-electron chi connectivity index (χ0n) is 16.0. The van der Waals surface area contributed by atoms with Gasteiger partial charge in [0, 0.05) is 37.5 Å². The van der Waals surface area contributed by atoms with Gasteiger partial charge in [-0.05, 0) is 38.1 Å². The zero-order valence-corrected chi connectivity index (χ0v) is 16.0. The summed E-state index contributed by atoms with van der Waals surface area (Å²) in [5.41, 5.74) is -0.294. The Hall–Kier alpha value is -2.06. The first-order valence-corrected chi connectivity index (χ1v) is 9.36. The average Bonchev–Trinajstić information content (AvgIpc) is 3.13. The normalized spacial score (nSPS) is 28.4. The summed E-state index contributed by atoms with van der Waals surface area (Å²) in [4.78, 5) is 15.0. The van der Waals surface area contributed by atoms with Crippen LogP contribution in [0.3, 0.4) is 0 Å². The molecule has 1 aromatic carbocycles. The second-order valence-corrected chi connectivity index (χ2v) is 7.80. The minimum atomic E-state index is -4.42. The Balaban J connectivity index is 1.67. The number of ether oxygens (including phenoxy) is 2. The van der Waals surface area contributed by atoms with Crippen LogP contribution in [-0.4, -0.2) is 52.9 Å². The standard InChI is InChI=1S/C20H23F3N2O3/c1-12-10-25(11-19(28-12)6-7-27-13(19)2)18(26)17-9-14-8-15(20(21,22)23)4-5-16(14)24(17)3/h4-5,8-9,12-13H,6-7,10-11H2,1-3H3/t12-,13+,19+/m1/s1. The van der Waals surface area contributed by atoms with E-state index < -0.39 is 17.3 Å². The number of halogens is 3. The number of hydrogen-bond acceptors (Lipinski definition) is 3. The van der Waals surface area contributed by atoms with E-state index in [1.807, 2.05) is 13.8 Å². The minimum absolute atomic E-state index is 0.118. The van der Waals surface area contributed by atoms with Crippen molar-refractivity contribution in [3.63, 3.8) is 0 Å². The predicted molar refractivity (Wildman–Crippen MR) is 97.1 cm³/mol. The Morgan fingerprint density at radius 1 is 1.25 bits per heavy atom. The van der Waals surface area contributed by atoms with Crippen LogP contribution in [0.25, 0.3) is 10.9 Å². The SMILES string of the molecule is C[C@@H]1CN(C(=O)c2cc3cc(C(F)(F)F)ccc3n2C)C[C@]2(CCO[C@H]2C)O1. The van der Waals surface area contributed by atoms with Gasteiger partial charge in [-0.1, -0.05) is 0 Å². The smallest absolute Gasteiger partial charge is 0.375 e. The van der Waals surface area contributed by atoms with Gasteiger partial charge < -0.3 is 18.9 Å². The van der Waals surface area contributed by atoms with Gasteiger partial charge in [0.25, 0.3) is 5.91 Å². The first-order valence-electron chi connectivity index (χ1n) is 9.36. The number of rotatable bonds is 1. The summed E-state index contributed by atoms with van der Waals surface area (Å²) < 4.78 is 52.5. The van der Waals surface area contributed by atoms with Crippen molar-refractivity contribution in [2.75, 3.05) is 19.7 Å². The third-order valence-corrected chi connectivity index (χ3v) is 5.88. The van der Waals surface area contributed by atoms with E-state index in [1.165, 1.54) is 12.1 Å². The average molecular weight is 396 g/mol. The highest BCUT2D eigenvalue weighted by atomic mass is 19.4. The fourth-order valence-electron chi connectivity index (χ4n) is 4.35. The van der Waals surface area contributed by atoms with Gasteiger partial charge in [0.1, 0.15) is 11.3 Å². The molecule has 152 valence electrons. The molecule has 5 nitrogen and oxygen atoms in total. The summed E-state index contributed by atoms with van der Waals surface area (Å²) in [6, 6.07) is 5.07. The van der Waals surface area contributed by atoms with Crippen LogP contribution in [-0.2, 0) is 22.7 Å². The maximum absolute atomic E-state index is 13.3. The van der Waals surface area contributed by atoms with Gasteiger partial charge >= 0.3 is 6.18 Å². The predicted octanol–water partition coefficient (Wildman–Crippen LogP) is 3.61. The lowest BCUT2D eigenvalue weighted by atomic mass is 9.93. The Morgan fingerprint density at radius 3 is 2.64 bits per heavy atom. The first kappa shape index (κ1) is 19.3. The lowest BCUT2D eigenvalue weighted by molar-refractivity contribution is -0.160. The second kappa shape index (κ2) is 6.49. The molecular formula is C20H23F3N2O3. The van der Waals surface area contributed by atoms with Crippen molar-refractivity contribution in [1.82, 2.24) is 9.47 Å². The molecule has 1 spiro atoms. The molecule has 1 amide bonds. The molecule has 28 heavy (non-hydrogen) atoms. The van der Waals surface area contributed by atoms with Gasteiger partial charge in [0.2, 0.25) is 0 Å². The molecule has 0 bridgehead atoms. The highest BCUT2D eigenvalue weighted by Crippen LogP contribution is 2.36. The van der Waals surface area contributed by atoms with Crippen LogP contribution in [0.2, 0.25) is 0 Å². The highest BCUT2D eigenvalue weighted by Gasteiger charge is 2.49. The maximum atomic E-state index is 13.3. The number of aromatic nitrogens is 1. The van der Waals surface area contributed by atoms with E-state index in [-0.39, 0.29) is 18.1 Å². The van der Waals surface area contributed by atoms with E-state index >= 15 is 0 Å². The molecule has 8 heteroatoms. The van der Waals surface area contributed by atoms with Gasteiger partial charge in [-0.15, -0.1) is 0 Å². The van der Waals surface area contributed by atoms with Crippen LogP contribution < -0.4 is 0 Å². The molecule has 2 saturated heterocycles. The Morgan fingerprint density at radius 2 is 2.00 bits per heavy atom. The van der Waals surface area contributed by atoms with Crippen LogP contribution in [0.15, 0.2) is 24.3 Å². The Kier molecular flexibility index (Phi) is 4.46. The highest BCUT2D eigenvalue weighted by molar-refractivity contribution is 5.99. The third kappa shape index (κ3) is 3.08. The third-order valence-electron chi connectivity index (χ3n) is 5.88. The van der Waals surface area contributed by atoms with Crippen LogP contribution in [0.5, 0.6) is 0 Å². The molecule has 2 aliphatic heterocycles. The van der Waals surface area contributed by atoms with Gasteiger partial charge in [0.15, 0.2) is 0 Å². The van der Waals surface area contributed by atoms with E-state index in [2.05, 4.69) is 0 Å². The summed E-state index contributed by atoms with van der Waals surface area (Å²) in [7, 11) is 1.70. The van der Waals surface area contributed by atoms with Crippen molar-refractivity contribution < 1.29 is 27.4 Å². The second-order valence-electron chi connectivity index (χ2n) is 7.80. The molecule has 0 radical (unpaired) electrons. The largest absolute Gasteiger partial charge is 0.416 e. The van der Waals surface area contributed by atoms with Crippen molar-refractivity contribution in [1.29, 1.82) is 0 Å². The molecule has 0 N–H and O–H groups in total. The van der Waals surface area contributed by atoms with Crippen molar-refractivity contribution in [2.45, 2.75) is 44.3 Å². The molecule has 2 aromatic rings. The minimum Gasteiger partial charge on any atom is -0.375 e. The van der Waals surface area contributed by atoms with E-state index in [0.29, 0.717) is 42.7 Å². The van der Waals surface area contributed by atoms with Crippen LogP contribution in [0.1, 0.15) is 36.3 Å². The first-order chi connectivity index (χ1) is 13.1. The lowest BCUT2D eigenvalue weighted by Gasteiger charge is -2.45. The van der Waals surface area contributed by atoms with Gasteiger partial charge in [-0.3, -0.25) is 4.79 Å². The zero-order chi connectivity index (χ0) is 20.3. The number of carbonyl (C=O) groups excluding carboxylic acids is 1. The molecule has 0 saturated carbocycles. The van der Waals surface area contributed by atoms with Gasteiger partial charge in [-0.2, -0.15) is 13.2 Å². The molecule has 0 aliphatic carbocycles. The van der Waals surface area contributed by atoms with E-state index in [1.54, 1.807) is 16.5 Å². The van der Waals surface area contributed by atoms with Crippen molar-refractivity contribution in [3.8, 4) is 0 Å². The van der Waals surface area contributed by atoms with E-state index in [9.17, 15) is 18.0 Å². The summed E-state index contributed by atoms with van der Waals surface area (Å²) in [5, 5.41) is 0.397. The van der Waals surface area contributed by atoms with Crippen molar-refractivity contribution in [3.05, 3.63) is 35.5 Å². The number of carbonyl (C=O) groups is 1. The molecule has 0 unspecified atom stereocenters. The fourth-order valence-corrected chi connectivity index (χ4v) is 4.35. The summed E-state index contributed by atoms with van der Waals surface area (Å²) >= 11 is 0. The molecule has 3 heterocycles. The summed E-state index contributed by atoms with van der Waals surface area (Å²) in [5.74, 6) is -0.208. The van der Waals surface area contributed by atoms with E-state index in [0.717, 1.165) is 12.1 Å². The Bertz CT molecular complexity index is 923. The topological polar surface area (TPSA) is 43.7 Å². The quantitative estimate of drug-likeness (QED) is 0.740. The fraction of sp³-hybridized carbons (Fsp3) is 0.550. The van der Waals surface area contributed by atoms with Crippen molar-refractivity contribution >= 4 is 16.8 Å². The number of fused-ring (bicyclic) bond motifs is 1. The summed E-state index contributed by atoms with van der Waals surface area (Å²) in [6.45, 7) is 5.30. The lowest BCUT2D eigenvalue weighted by Crippen LogP contribution is -2.59. The van der Waals surface area contributed by atoms with Crippen molar-refractivity contribution in [2.24, 2.45) is 7.05 Å². The Labute approximate surface area is 161 Å². The monoisotopic (exact) mass is 396 g/mol. The van der Waals surface area contributed by atoms with Gasteiger partial charge in [-0.25, -0.2) is 0 Å². The molecule has 2 fully saturated rings. The molecule has 3 atom stereocenters. The number of nitrogens with zero attached hydrogens (tertiary/aromatic N) is 2.